The van der Waals surface area contributed by atoms with E-state index in [4.69, 9.17) is 0 Å². The number of hydrogen-bond acceptors (Lipinski definition) is 2. The molecule has 1 fully saturated rings. The van der Waals surface area contributed by atoms with Gasteiger partial charge in [0.1, 0.15) is 0 Å². The Bertz CT molecular complexity index is 195. The minimum atomic E-state index is 0.793. The van der Waals surface area contributed by atoms with Crippen LogP contribution in [0, 0.1) is 11.8 Å². The summed E-state index contributed by atoms with van der Waals surface area (Å²) in [6, 6.07) is 0.874. The van der Waals surface area contributed by atoms with Crippen LogP contribution in [-0.2, 0) is 0 Å². The summed E-state index contributed by atoms with van der Waals surface area (Å²) in [7, 11) is 0. The predicted molar refractivity (Wildman–Crippen MR) is 81.0 cm³/mol. The van der Waals surface area contributed by atoms with Gasteiger partial charge in [-0.1, -0.05) is 40.5 Å². The normalized spacial score (nSPS) is 17.5. The molecule has 1 rings (SSSR count). The second-order valence-electron chi connectivity index (χ2n) is 6.76. The fourth-order valence-corrected chi connectivity index (χ4v) is 2.90. The Morgan fingerprint density at radius 3 is 2.22 bits per heavy atom. The van der Waals surface area contributed by atoms with E-state index in [1.807, 2.05) is 0 Å². The first-order valence-electron chi connectivity index (χ1n) is 8.04. The van der Waals surface area contributed by atoms with Crippen molar-refractivity contribution in [2.75, 3.05) is 26.2 Å². The van der Waals surface area contributed by atoms with E-state index in [-0.39, 0.29) is 0 Å². The van der Waals surface area contributed by atoms with Crippen LogP contribution in [-0.4, -0.2) is 37.1 Å². The third kappa shape index (κ3) is 6.75. The highest BCUT2D eigenvalue weighted by molar-refractivity contribution is 4.78. The number of hydrogen-bond donors (Lipinski definition) is 1. The molecule has 18 heavy (non-hydrogen) atoms. The van der Waals surface area contributed by atoms with Crippen molar-refractivity contribution in [2.24, 2.45) is 11.8 Å². The molecule has 1 saturated carbocycles. The van der Waals surface area contributed by atoms with Crippen LogP contribution in [0.4, 0.5) is 0 Å². The van der Waals surface area contributed by atoms with Gasteiger partial charge >= 0.3 is 0 Å². The summed E-state index contributed by atoms with van der Waals surface area (Å²) in [5, 5.41) is 3.60. The van der Waals surface area contributed by atoms with Gasteiger partial charge in [0.25, 0.3) is 0 Å². The molecule has 2 nitrogen and oxygen atoms in total. The average molecular weight is 254 g/mol. The van der Waals surface area contributed by atoms with Gasteiger partial charge in [0.2, 0.25) is 0 Å². The summed E-state index contributed by atoms with van der Waals surface area (Å²) in [6.45, 7) is 14.1. The molecule has 0 saturated heterocycles. The molecule has 0 aromatic rings. The zero-order chi connectivity index (χ0) is 13.4. The molecular formula is C16H34N2. The average Bonchev–Trinajstić information content (AvgIpc) is 2.79. The Morgan fingerprint density at radius 1 is 1.00 bits per heavy atom. The standard InChI is InChI=1S/C16H34N2/c1-14(2)9-10-17-11-12-18(13-15(3)4)16-7-5-6-8-16/h14-17H,5-13H2,1-4H3. The molecule has 0 bridgehead atoms. The van der Waals surface area contributed by atoms with Gasteiger partial charge < -0.3 is 5.32 Å². The number of nitrogens with one attached hydrogen (secondary N) is 1. The van der Waals surface area contributed by atoms with Crippen molar-refractivity contribution in [3.63, 3.8) is 0 Å². The zero-order valence-corrected chi connectivity index (χ0v) is 13.0. The maximum Gasteiger partial charge on any atom is 0.0110 e. The van der Waals surface area contributed by atoms with Crippen molar-refractivity contribution in [1.29, 1.82) is 0 Å². The van der Waals surface area contributed by atoms with Gasteiger partial charge in [-0.25, -0.2) is 0 Å². The lowest BCUT2D eigenvalue weighted by Gasteiger charge is -2.30. The summed E-state index contributed by atoms with van der Waals surface area (Å²) >= 11 is 0. The first-order valence-corrected chi connectivity index (χ1v) is 8.04. The minimum Gasteiger partial charge on any atom is -0.315 e. The molecule has 2 heteroatoms. The second kappa shape index (κ2) is 8.92. The van der Waals surface area contributed by atoms with Gasteiger partial charge in [-0.3, -0.25) is 4.90 Å². The summed E-state index contributed by atoms with van der Waals surface area (Å²) in [4.78, 5) is 2.74. The molecular weight excluding hydrogens is 220 g/mol. The van der Waals surface area contributed by atoms with E-state index in [2.05, 4.69) is 37.9 Å². The molecule has 108 valence electrons. The van der Waals surface area contributed by atoms with Gasteiger partial charge in [-0.2, -0.15) is 0 Å². The van der Waals surface area contributed by atoms with Crippen LogP contribution in [0.2, 0.25) is 0 Å². The van der Waals surface area contributed by atoms with Crippen molar-refractivity contribution in [3.05, 3.63) is 0 Å². The first kappa shape index (κ1) is 16.0. The van der Waals surface area contributed by atoms with E-state index in [1.54, 1.807) is 0 Å². The van der Waals surface area contributed by atoms with Crippen molar-refractivity contribution < 1.29 is 0 Å². The van der Waals surface area contributed by atoms with Gasteiger partial charge in [0, 0.05) is 25.7 Å². The smallest absolute Gasteiger partial charge is 0.0110 e. The van der Waals surface area contributed by atoms with Gasteiger partial charge in [0.15, 0.2) is 0 Å². The quantitative estimate of drug-likeness (QED) is 0.633. The summed E-state index contributed by atoms with van der Waals surface area (Å²) < 4.78 is 0. The van der Waals surface area contributed by atoms with E-state index in [0.29, 0.717) is 0 Å². The minimum absolute atomic E-state index is 0.793. The fraction of sp³-hybridized carbons (Fsp3) is 1.00. The molecule has 1 aliphatic carbocycles. The van der Waals surface area contributed by atoms with E-state index in [1.165, 1.54) is 51.7 Å². The van der Waals surface area contributed by atoms with Crippen LogP contribution in [0.25, 0.3) is 0 Å². The molecule has 0 heterocycles. The number of nitrogens with zero attached hydrogens (tertiary/aromatic N) is 1. The highest BCUT2D eigenvalue weighted by atomic mass is 15.2. The summed E-state index contributed by atoms with van der Waals surface area (Å²) in [5.74, 6) is 1.61. The Kier molecular flexibility index (Phi) is 7.92. The van der Waals surface area contributed by atoms with E-state index in [9.17, 15) is 0 Å². The highest BCUT2D eigenvalue weighted by Crippen LogP contribution is 2.23. The first-order chi connectivity index (χ1) is 8.59. The molecule has 0 spiro atoms. The Balaban J connectivity index is 2.19. The molecule has 1 N–H and O–H groups in total. The van der Waals surface area contributed by atoms with E-state index >= 15 is 0 Å². The molecule has 0 aliphatic heterocycles. The predicted octanol–water partition coefficient (Wildman–Crippen LogP) is 3.52. The number of rotatable bonds is 9. The third-order valence-corrected chi connectivity index (χ3v) is 3.92. The Labute approximate surface area is 115 Å². The summed E-state index contributed by atoms with van der Waals surface area (Å²) in [5.41, 5.74) is 0. The largest absolute Gasteiger partial charge is 0.315 e. The maximum atomic E-state index is 3.60. The van der Waals surface area contributed by atoms with Crippen LogP contribution in [0.1, 0.15) is 59.8 Å². The second-order valence-corrected chi connectivity index (χ2v) is 6.76. The molecule has 0 unspecified atom stereocenters. The van der Waals surface area contributed by atoms with Crippen molar-refractivity contribution in [1.82, 2.24) is 10.2 Å². The summed E-state index contributed by atoms with van der Waals surface area (Å²) in [6.07, 6.45) is 7.05. The molecule has 0 aromatic carbocycles. The van der Waals surface area contributed by atoms with E-state index in [0.717, 1.165) is 24.4 Å². The SMILES string of the molecule is CC(C)CCNCCN(CC(C)C)C1CCCC1. The van der Waals surface area contributed by atoms with Gasteiger partial charge in [0.05, 0.1) is 0 Å². The van der Waals surface area contributed by atoms with Crippen LogP contribution in [0.3, 0.4) is 0 Å². The molecule has 0 atom stereocenters. The van der Waals surface area contributed by atoms with Crippen LogP contribution >= 0.6 is 0 Å². The molecule has 0 aromatic heterocycles. The lowest BCUT2D eigenvalue weighted by molar-refractivity contribution is 0.177. The van der Waals surface area contributed by atoms with Crippen LogP contribution < -0.4 is 5.32 Å². The lowest BCUT2D eigenvalue weighted by atomic mass is 10.1. The maximum absolute atomic E-state index is 3.60. The van der Waals surface area contributed by atoms with Gasteiger partial charge in [-0.15, -0.1) is 0 Å². The van der Waals surface area contributed by atoms with Crippen LogP contribution in [0.5, 0.6) is 0 Å². The highest BCUT2D eigenvalue weighted by Gasteiger charge is 2.22. The van der Waals surface area contributed by atoms with E-state index < -0.39 is 0 Å². The molecule has 0 radical (unpaired) electrons. The molecule has 0 amide bonds. The van der Waals surface area contributed by atoms with Crippen LogP contribution in [0.15, 0.2) is 0 Å². The monoisotopic (exact) mass is 254 g/mol. The van der Waals surface area contributed by atoms with Gasteiger partial charge in [-0.05, 0) is 37.6 Å². The Morgan fingerprint density at radius 2 is 1.67 bits per heavy atom. The lowest BCUT2D eigenvalue weighted by Crippen LogP contribution is -2.40. The third-order valence-electron chi connectivity index (χ3n) is 3.92. The Hall–Kier alpha value is -0.0800. The van der Waals surface area contributed by atoms with Crippen molar-refractivity contribution in [2.45, 2.75) is 65.8 Å². The molecule has 1 aliphatic rings. The fourth-order valence-electron chi connectivity index (χ4n) is 2.90. The van der Waals surface area contributed by atoms with Crippen molar-refractivity contribution in [3.8, 4) is 0 Å². The topological polar surface area (TPSA) is 15.3 Å². The zero-order valence-electron chi connectivity index (χ0n) is 13.0. The van der Waals surface area contributed by atoms with Crippen molar-refractivity contribution >= 4 is 0 Å².